The number of aliphatic hydroxyl groups excluding tert-OH is 1. The van der Waals surface area contributed by atoms with Crippen molar-refractivity contribution in [2.45, 2.75) is 61.7 Å². The van der Waals surface area contributed by atoms with Crippen LogP contribution in [0.15, 0.2) is 65.8 Å². The highest BCUT2D eigenvalue weighted by atomic mass is 32.2. The molecular formula is C27H25F6N3O5S. The van der Waals surface area contributed by atoms with Gasteiger partial charge in [0.05, 0.1) is 35.1 Å². The summed E-state index contributed by atoms with van der Waals surface area (Å²) in [6.07, 6.45) is -10.4. The number of rotatable bonds is 7. The molecule has 15 heteroatoms. The Morgan fingerprint density at radius 1 is 1.05 bits per heavy atom. The number of pyridine rings is 1. The fraction of sp³-hybridized carbons (Fsp3) is 0.333. The van der Waals surface area contributed by atoms with Crippen LogP contribution in [0.1, 0.15) is 35.1 Å². The average molecular weight is 618 g/mol. The van der Waals surface area contributed by atoms with Gasteiger partial charge in [0.1, 0.15) is 0 Å². The first-order valence-electron chi connectivity index (χ1n) is 12.4. The third-order valence-corrected chi connectivity index (χ3v) is 8.87. The van der Waals surface area contributed by atoms with E-state index in [1.54, 1.807) is 6.92 Å². The molecule has 226 valence electrons. The van der Waals surface area contributed by atoms with Crippen molar-refractivity contribution in [1.29, 1.82) is 0 Å². The molecule has 0 spiro atoms. The van der Waals surface area contributed by atoms with Gasteiger partial charge < -0.3 is 15.5 Å². The quantitative estimate of drug-likeness (QED) is 0.330. The lowest BCUT2D eigenvalue weighted by Gasteiger charge is -2.39. The molecule has 0 saturated heterocycles. The molecule has 1 aliphatic heterocycles. The van der Waals surface area contributed by atoms with Gasteiger partial charge in [-0.2, -0.15) is 26.3 Å². The molecule has 8 nitrogen and oxygen atoms in total. The van der Waals surface area contributed by atoms with E-state index in [1.165, 1.54) is 42.7 Å². The Morgan fingerprint density at radius 3 is 2.29 bits per heavy atom. The topological polar surface area (TPSA) is 120 Å². The number of hydrogen-bond acceptors (Lipinski definition) is 6. The highest BCUT2D eigenvalue weighted by Crippen LogP contribution is 2.51. The standard InChI is InChI=1S/C27H25F6N3O5S/c1-16-2-7-21(8-3-16)42(40,41)36-20(13-24(38)35-22-14-34-11-10-18(22)15-37)6-4-17-12-19(5-9-23(17)36)25(39,26(28,29)30)27(31,32)33/h2-3,5,7-12,14,20,37,39H,4,6,13,15H2,1H3,(H,35,38)/t20-/m0/s1. The summed E-state index contributed by atoms with van der Waals surface area (Å²) >= 11 is 0. The molecule has 1 aliphatic rings. The van der Waals surface area contributed by atoms with Gasteiger partial charge >= 0.3 is 12.4 Å². The normalized spacial score (nSPS) is 16.2. The summed E-state index contributed by atoms with van der Waals surface area (Å²) in [6, 6.07) is 7.61. The van der Waals surface area contributed by atoms with Crippen LogP contribution in [0.5, 0.6) is 0 Å². The summed E-state index contributed by atoms with van der Waals surface area (Å²) in [5.74, 6) is -0.671. The minimum Gasteiger partial charge on any atom is -0.392 e. The number of sulfonamides is 1. The van der Waals surface area contributed by atoms with E-state index in [4.69, 9.17) is 0 Å². The zero-order valence-corrected chi connectivity index (χ0v) is 22.7. The van der Waals surface area contributed by atoms with Crippen LogP contribution in [-0.2, 0) is 33.4 Å². The second-order valence-electron chi connectivity index (χ2n) is 9.80. The van der Waals surface area contributed by atoms with Crippen molar-refractivity contribution < 1.29 is 49.8 Å². The lowest BCUT2D eigenvalue weighted by Crippen LogP contribution is -2.54. The molecular weight excluding hydrogens is 592 g/mol. The largest absolute Gasteiger partial charge is 0.430 e. The molecule has 3 aromatic rings. The molecule has 0 aliphatic carbocycles. The third kappa shape index (κ3) is 5.68. The number of aliphatic hydroxyl groups is 2. The summed E-state index contributed by atoms with van der Waals surface area (Å²) in [5.41, 5.74) is -5.89. The predicted molar refractivity (Wildman–Crippen MR) is 139 cm³/mol. The van der Waals surface area contributed by atoms with Gasteiger partial charge in [0.25, 0.3) is 15.6 Å². The average Bonchev–Trinajstić information content (AvgIpc) is 2.91. The number of amides is 1. The van der Waals surface area contributed by atoms with Crippen molar-refractivity contribution in [3.8, 4) is 0 Å². The molecule has 0 radical (unpaired) electrons. The Morgan fingerprint density at radius 2 is 1.69 bits per heavy atom. The van der Waals surface area contributed by atoms with Crippen LogP contribution in [0, 0.1) is 6.92 Å². The summed E-state index contributed by atoms with van der Waals surface area (Å²) in [4.78, 5) is 16.7. The van der Waals surface area contributed by atoms with E-state index in [-0.39, 0.29) is 34.7 Å². The maximum absolute atomic E-state index is 13.9. The fourth-order valence-corrected chi connectivity index (χ4v) is 6.49. The number of hydrogen-bond donors (Lipinski definition) is 3. The number of aryl methyl sites for hydroxylation is 2. The molecule has 0 bridgehead atoms. The number of benzene rings is 2. The van der Waals surface area contributed by atoms with Gasteiger partial charge in [-0.3, -0.25) is 14.1 Å². The molecule has 0 unspecified atom stereocenters. The van der Waals surface area contributed by atoms with Gasteiger partial charge in [0.2, 0.25) is 5.91 Å². The SMILES string of the molecule is Cc1ccc(S(=O)(=O)N2c3ccc(C(O)(C(F)(F)F)C(F)(F)F)cc3CC[C@H]2CC(=O)Nc2cnccc2CO)cc1. The van der Waals surface area contributed by atoms with Gasteiger partial charge in [-0.1, -0.05) is 29.8 Å². The highest BCUT2D eigenvalue weighted by molar-refractivity contribution is 7.92. The first-order valence-corrected chi connectivity index (χ1v) is 13.9. The van der Waals surface area contributed by atoms with Crippen molar-refractivity contribution in [1.82, 2.24) is 4.98 Å². The number of nitrogens with zero attached hydrogens (tertiary/aromatic N) is 2. The Bertz CT molecular complexity index is 1560. The molecule has 4 rings (SSSR count). The number of halogens is 6. The van der Waals surface area contributed by atoms with Gasteiger partial charge in [0.15, 0.2) is 0 Å². The van der Waals surface area contributed by atoms with E-state index in [9.17, 15) is 49.8 Å². The smallest absolute Gasteiger partial charge is 0.392 e. The van der Waals surface area contributed by atoms with Crippen molar-refractivity contribution in [2.75, 3.05) is 9.62 Å². The minimum atomic E-state index is -6.12. The van der Waals surface area contributed by atoms with Crippen LogP contribution in [0.3, 0.4) is 0 Å². The van der Waals surface area contributed by atoms with Gasteiger partial charge in [-0.15, -0.1) is 0 Å². The molecule has 1 amide bonds. The molecule has 2 aromatic carbocycles. The number of carbonyl (C=O) groups excluding carboxylic acids is 1. The summed E-state index contributed by atoms with van der Waals surface area (Å²) in [5, 5.41) is 21.9. The van der Waals surface area contributed by atoms with Gasteiger partial charge in [-0.25, -0.2) is 8.42 Å². The number of nitrogens with one attached hydrogen (secondary N) is 1. The van der Waals surface area contributed by atoms with E-state index < -0.39 is 58.5 Å². The van der Waals surface area contributed by atoms with Crippen molar-refractivity contribution in [3.63, 3.8) is 0 Å². The van der Waals surface area contributed by atoms with E-state index in [1.807, 2.05) is 0 Å². The zero-order valence-electron chi connectivity index (χ0n) is 21.9. The van der Waals surface area contributed by atoms with E-state index in [2.05, 4.69) is 10.3 Å². The zero-order chi connectivity index (χ0) is 31.1. The van der Waals surface area contributed by atoms with Crippen molar-refractivity contribution >= 4 is 27.3 Å². The third-order valence-electron chi connectivity index (χ3n) is 6.99. The Kier molecular flexibility index (Phi) is 8.32. The van der Waals surface area contributed by atoms with Crippen LogP contribution in [-0.4, -0.2) is 47.9 Å². The summed E-state index contributed by atoms with van der Waals surface area (Å²) in [6.45, 7) is 1.29. The maximum Gasteiger partial charge on any atom is 0.430 e. The first kappa shape index (κ1) is 31.3. The van der Waals surface area contributed by atoms with Crippen LogP contribution in [0.2, 0.25) is 0 Å². The lowest BCUT2D eigenvalue weighted by atomic mass is 9.87. The van der Waals surface area contributed by atoms with Crippen molar-refractivity contribution in [2.24, 2.45) is 0 Å². The lowest BCUT2D eigenvalue weighted by molar-refractivity contribution is -0.376. The van der Waals surface area contributed by atoms with E-state index in [0.717, 1.165) is 15.9 Å². The number of carbonyl (C=O) groups is 1. The molecule has 0 saturated carbocycles. The number of aromatic nitrogens is 1. The van der Waals surface area contributed by atoms with Crippen molar-refractivity contribution in [3.05, 3.63) is 83.2 Å². The second-order valence-corrected chi connectivity index (χ2v) is 11.6. The number of fused-ring (bicyclic) bond motifs is 1. The molecule has 1 aromatic heterocycles. The Balaban J connectivity index is 1.79. The highest BCUT2D eigenvalue weighted by Gasteiger charge is 2.71. The second kappa shape index (κ2) is 11.2. The fourth-order valence-electron chi connectivity index (χ4n) is 4.77. The van der Waals surface area contributed by atoms with Gasteiger partial charge in [-0.05, 0) is 49.6 Å². The van der Waals surface area contributed by atoms with Crippen LogP contribution in [0.4, 0.5) is 37.7 Å². The first-order chi connectivity index (χ1) is 19.5. The summed E-state index contributed by atoms with van der Waals surface area (Å²) < 4.78 is 110. The predicted octanol–water partition coefficient (Wildman–Crippen LogP) is 4.73. The molecule has 1 atom stereocenters. The molecule has 0 fully saturated rings. The Hall–Kier alpha value is -3.69. The number of alkyl halides is 6. The minimum absolute atomic E-state index is 0.147. The van der Waals surface area contributed by atoms with E-state index in [0.29, 0.717) is 17.7 Å². The maximum atomic E-state index is 13.9. The van der Waals surface area contributed by atoms with E-state index >= 15 is 0 Å². The van der Waals surface area contributed by atoms with Crippen LogP contribution >= 0.6 is 0 Å². The van der Waals surface area contributed by atoms with Crippen LogP contribution < -0.4 is 9.62 Å². The van der Waals surface area contributed by atoms with Gasteiger partial charge in [0, 0.05) is 23.7 Å². The molecule has 42 heavy (non-hydrogen) atoms. The summed E-state index contributed by atoms with van der Waals surface area (Å²) in [7, 11) is -4.48. The Labute approximate surface area is 236 Å². The number of anilines is 2. The molecule has 3 N–H and O–H groups in total. The molecule has 2 heterocycles. The van der Waals surface area contributed by atoms with Crippen LogP contribution in [0.25, 0.3) is 0 Å². The monoisotopic (exact) mass is 617 g/mol.